The lowest BCUT2D eigenvalue weighted by atomic mass is 10.1. The summed E-state index contributed by atoms with van der Waals surface area (Å²) in [5.41, 5.74) is 0.484. The maximum Gasteiger partial charge on any atom is 0.309 e. The number of hydrogen-bond acceptors (Lipinski definition) is 4. The minimum atomic E-state index is -0.916. The summed E-state index contributed by atoms with van der Waals surface area (Å²) >= 11 is 1.27. The molecule has 0 unspecified atom stereocenters. The van der Waals surface area contributed by atoms with E-state index in [9.17, 15) is 9.59 Å². The molecule has 0 radical (unpaired) electrons. The molecule has 2 N–H and O–H groups in total. The van der Waals surface area contributed by atoms with Crippen LogP contribution in [0.5, 0.6) is 0 Å². The lowest BCUT2D eigenvalue weighted by Crippen LogP contribution is -2.11. The number of allylic oxidation sites excluding steroid dienone is 4. The first-order valence-corrected chi connectivity index (χ1v) is 12.8. The monoisotopic (exact) mass is 448 g/mol. The van der Waals surface area contributed by atoms with Crippen LogP contribution in [-0.2, 0) is 16.0 Å². The highest BCUT2D eigenvalue weighted by atomic mass is 32.1. The van der Waals surface area contributed by atoms with Crippen LogP contribution in [0.3, 0.4) is 0 Å². The van der Waals surface area contributed by atoms with Crippen molar-refractivity contribution < 1.29 is 14.7 Å². The second kappa shape index (κ2) is 18.8. The molecule has 1 amide bonds. The van der Waals surface area contributed by atoms with Gasteiger partial charge in [0.05, 0.1) is 12.1 Å². The number of carbonyl (C=O) groups excluding carboxylic acids is 1. The second-order valence-corrected chi connectivity index (χ2v) is 8.81. The molecule has 0 saturated heterocycles. The minimum Gasteiger partial charge on any atom is -0.481 e. The zero-order valence-corrected chi connectivity index (χ0v) is 19.9. The standard InChI is InChI=1S/C25H40N2O3S/c1-2-3-4-5-6-7-8-9-10-11-12-13-14-15-16-17-18-19-23(28)27-25-26-22(21-31-25)20-24(29)30/h6-7,9-10,21H,2-5,8,11-20H2,1H3,(H,29,30)(H,26,27,28)/b7-6-,10-9-. The zero-order valence-electron chi connectivity index (χ0n) is 19.1. The third-order valence-electron chi connectivity index (χ3n) is 4.98. The molecule has 1 heterocycles. The van der Waals surface area contributed by atoms with Crippen LogP contribution in [0.1, 0.15) is 103 Å². The SMILES string of the molecule is CCCCC/C=C\C/C=C\CCCCCCCCCC(=O)Nc1nc(CC(=O)O)cs1. The van der Waals surface area contributed by atoms with E-state index < -0.39 is 5.97 Å². The summed E-state index contributed by atoms with van der Waals surface area (Å²) in [6.45, 7) is 2.24. The molecule has 31 heavy (non-hydrogen) atoms. The van der Waals surface area contributed by atoms with Gasteiger partial charge < -0.3 is 10.4 Å². The van der Waals surface area contributed by atoms with Crippen molar-refractivity contribution in [1.82, 2.24) is 4.98 Å². The molecule has 1 aromatic rings. The van der Waals surface area contributed by atoms with Crippen LogP contribution in [0.2, 0.25) is 0 Å². The van der Waals surface area contributed by atoms with Crippen molar-refractivity contribution in [2.45, 2.75) is 103 Å². The maximum absolute atomic E-state index is 11.9. The van der Waals surface area contributed by atoms with Crippen molar-refractivity contribution in [2.24, 2.45) is 0 Å². The van der Waals surface area contributed by atoms with Gasteiger partial charge in [0.1, 0.15) is 0 Å². The first kappa shape index (κ1) is 27.1. The summed E-state index contributed by atoms with van der Waals surface area (Å²) in [6, 6.07) is 0. The van der Waals surface area contributed by atoms with Gasteiger partial charge in [-0.05, 0) is 38.5 Å². The van der Waals surface area contributed by atoms with Crippen molar-refractivity contribution >= 4 is 28.3 Å². The molecule has 0 aliphatic heterocycles. The number of aromatic nitrogens is 1. The second-order valence-electron chi connectivity index (χ2n) is 7.95. The minimum absolute atomic E-state index is 0.0428. The molecular weight excluding hydrogens is 408 g/mol. The molecule has 0 aliphatic rings. The molecule has 0 bridgehead atoms. The number of aliphatic carboxylic acids is 1. The molecule has 6 heteroatoms. The molecule has 1 rings (SSSR count). The van der Waals surface area contributed by atoms with Crippen LogP contribution in [0, 0.1) is 0 Å². The third kappa shape index (κ3) is 16.4. The number of amides is 1. The highest BCUT2D eigenvalue weighted by Gasteiger charge is 2.08. The molecule has 0 aromatic carbocycles. The largest absolute Gasteiger partial charge is 0.481 e. The van der Waals surface area contributed by atoms with E-state index in [0.717, 1.165) is 19.3 Å². The highest BCUT2D eigenvalue weighted by molar-refractivity contribution is 7.13. The van der Waals surface area contributed by atoms with Gasteiger partial charge in [-0.15, -0.1) is 11.3 Å². The van der Waals surface area contributed by atoms with Crippen LogP contribution in [0.25, 0.3) is 0 Å². The number of carbonyl (C=O) groups is 2. The van der Waals surface area contributed by atoms with Crippen molar-refractivity contribution in [3.05, 3.63) is 35.4 Å². The number of anilines is 1. The number of nitrogens with zero attached hydrogens (tertiary/aromatic N) is 1. The fraction of sp³-hybridized carbons (Fsp3) is 0.640. The lowest BCUT2D eigenvalue weighted by molar-refractivity contribution is -0.136. The summed E-state index contributed by atoms with van der Waals surface area (Å²) in [4.78, 5) is 26.7. The molecule has 0 fully saturated rings. The first-order chi connectivity index (χ1) is 15.1. The fourth-order valence-corrected chi connectivity index (χ4v) is 3.96. The van der Waals surface area contributed by atoms with E-state index in [2.05, 4.69) is 41.5 Å². The van der Waals surface area contributed by atoms with Gasteiger partial charge in [0.2, 0.25) is 5.91 Å². The van der Waals surface area contributed by atoms with Gasteiger partial charge >= 0.3 is 5.97 Å². The van der Waals surface area contributed by atoms with Crippen LogP contribution >= 0.6 is 11.3 Å². The highest BCUT2D eigenvalue weighted by Crippen LogP contribution is 2.17. The average molecular weight is 449 g/mol. The Morgan fingerprint density at radius 2 is 1.55 bits per heavy atom. The average Bonchev–Trinajstić information content (AvgIpc) is 3.16. The Hall–Kier alpha value is -1.95. The molecule has 1 aromatic heterocycles. The summed E-state index contributed by atoms with van der Waals surface area (Å²) in [5, 5.41) is 13.7. The molecule has 5 nitrogen and oxygen atoms in total. The Labute approximate surface area is 192 Å². The van der Waals surface area contributed by atoms with Crippen LogP contribution in [0.4, 0.5) is 5.13 Å². The van der Waals surface area contributed by atoms with E-state index in [4.69, 9.17) is 5.11 Å². The van der Waals surface area contributed by atoms with Gasteiger partial charge in [-0.2, -0.15) is 0 Å². The Balaban J connectivity index is 1.89. The van der Waals surface area contributed by atoms with Crippen molar-refractivity contribution in [3.63, 3.8) is 0 Å². The maximum atomic E-state index is 11.9. The lowest BCUT2D eigenvalue weighted by Gasteiger charge is -2.03. The zero-order chi connectivity index (χ0) is 22.6. The third-order valence-corrected chi connectivity index (χ3v) is 5.79. The number of unbranched alkanes of at least 4 members (excludes halogenated alkanes) is 10. The Kier molecular flexibility index (Phi) is 16.4. The van der Waals surface area contributed by atoms with Gasteiger partial charge in [-0.25, -0.2) is 4.98 Å². The van der Waals surface area contributed by atoms with Gasteiger partial charge in [-0.1, -0.05) is 76.2 Å². The fourth-order valence-electron chi connectivity index (χ4n) is 3.23. The van der Waals surface area contributed by atoms with Crippen LogP contribution < -0.4 is 5.32 Å². The first-order valence-electron chi connectivity index (χ1n) is 11.9. The smallest absolute Gasteiger partial charge is 0.309 e. The van der Waals surface area contributed by atoms with E-state index >= 15 is 0 Å². The normalized spacial score (nSPS) is 11.5. The number of rotatable bonds is 19. The Morgan fingerprint density at radius 3 is 2.19 bits per heavy atom. The summed E-state index contributed by atoms with van der Waals surface area (Å²) < 4.78 is 0. The van der Waals surface area contributed by atoms with Gasteiger partial charge in [0.25, 0.3) is 0 Å². The Bertz CT molecular complexity index is 667. The molecule has 0 aliphatic carbocycles. The number of hydrogen-bond donors (Lipinski definition) is 2. The van der Waals surface area contributed by atoms with Gasteiger partial charge in [-0.3, -0.25) is 9.59 Å². The quantitative estimate of drug-likeness (QED) is 0.172. The predicted molar refractivity (Wildman–Crippen MR) is 131 cm³/mol. The summed E-state index contributed by atoms with van der Waals surface area (Å²) in [7, 11) is 0. The van der Waals surface area contributed by atoms with Crippen molar-refractivity contribution in [3.8, 4) is 0 Å². The van der Waals surface area contributed by atoms with Crippen molar-refractivity contribution in [1.29, 1.82) is 0 Å². The van der Waals surface area contributed by atoms with E-state index in [1.807, 2.05) is 0 Å². The molecule has 0 atom stereocenters. The van der Waals surface area contributed by atoms with E-state index in [0.29, 0.717) is 17.2 Å². The van der Waals surface area contributed by atoms with Gasteiger partial charge in [0.15, 0.2) is 5.13 Å². The summed E-state index contributed by atoms with van der Waals surface area (Å²) in [5.74, 6) is -0.959. The molecule has 0 saturated carbocycles. The van der Waals surface area contributed by atoms with E-state index in [-0.39, 0.29) is 12.3 Å². The Morgan fingerprint density at radius 1 is 0.935 bits per heavy atom. The molecule has 174 valence electrons. The number of carboxylic acid groups (broad SMARTS) is 1. The topological polar surface area (TPSA) is 79.3 Å². The molecular formula is C25H40N2O3S. The predicted octanol–water partition coefficient (Wildman–Crippen LogP) is 7.30. The molecule has 0 spiro atoms. The van der Waals surface area contributed by atoms with E-state index in [1.165, 1.54) is 75.5 Å². The number of nitrogens with one attached hydrogen (secondary N) is 1. The van der Waals surface area contributed by atoms with E-state index in [1.54, 1.807) is 5.38 Å². The van der Waals surface area contributed by atoms with Crippen molar-refractivity contribution in [2.75, 3.05) is 5.32 Å². The number of carboxylic acids is 1. The van der Waals surface area contributed by atoms with Crippen LogP contribution in [0.15, 0.2) is 29.7 Å². The van der Waals surface area contributed by atoms with Gasteiger partial charge in [0, 0.05) is 11.8 Å². The van der Waals surface area contributed by atoms with Crippen LogP contribution in [-0.4, -0.2) is 22.0 Å². The number of thiazole rings is 1. The summed E-state index contributed by atoms with van der Waals surface area (Å²) in [6.07, 6.45) is 25.1.